The average molecular weight is 319 g/mol. The third-order valence-corrected chi connectivity index (χ3v) is 5.05. The van der Waals surface area contributed by atoms with Gasteiger partial charge in [-0.2, -0.15) is 0 Å². The van der Waals surface area contributed by atoms with Crippen molar-refractivity contribution in [1.82, 2.24) is 19.4 Å². The molecule has 1 aliphatic rings. The molecule has 1 N–H and O–H groups in total. The first-order valence-corrected chi connectivity index (χ1v) is 8.26. The molecule has 0 saturated carbocycles. The van der Waals surface area contributed by atoms with E-state index in [1.807, 2.05) is 40.4 Å². The number of aromatic nitrogens is 2. The lowest BCUT2D eigenvalue weighted by Gasteiger charge is -2.38. The highest BCUT2D eigenvalue weighted by molar-refractivity contribution is 7.08. The summed E-state index contributed by atoms with van der Waals surface area (Å²) in [5.41, 5.74) is 2.01. The van der Waals surface area contributed by atoms with Gasteiger partial charge in [-0.3, -0.25) is 4.90 Å². The van der Waals surface area contributed by atoms with Crippen molar-refractivity contribution in [2.24, 2.45) is 7.05 Å². The van der Waals surface area contributed by atoms with Gasteiger partial charge < -0.3 is 14.8 Å². The van der Waals surface area contributed by atoms with Crippen molar-refractivity contribution in [3.8, 4) is 0 Å². The van der Waals surface area contributed by atoms with E-state index in [2.05, 4.69) is 22.2 Å². The van der Waals surface area contributed by atoms with Gasteiger partial charge in [0.15, 0.2) is 0 Å². The number of amides is 2. The number of carbonyl (C=O) groups excluding carboxylic acids is 1. The van der Waals surface area contributed by atoms with Gasteiger partial charge in [-0.15, -0.1) is 11.3 Å². The molecule has 2 aromatic rings. The summed E-state index contributed by atoms with van der Waals surface area (Å²) in [4.78, 5) is 21.1. The lowest BCUT2D eigenvalue weighted by atomic mass is 10.1. The van der Waals surface area contributed by atoms with Gasteiger partial charge in [0, 0.05) is 44.5 Å². The fourth-order valence-corrected chi connectivity index (χ4v) is 3.50. The summed E-state index contributed by atoms with van der Waals surface area (Å²) < 4.78 is 2.02. The fourth-order valence-electron chi connectivity index (χ4n) is 2.72. The molecule has 1 aliphatic heterocycles. The van der Waals surface area contributed by atoms with E-state index in [-0.39, 0.29) is 12.1 Å². The van der Waals surface area contributed by atoms with E-state index in [4.69, 9.17) is 0 Å². The van der Waals surface area contributed by atoms with Crippen molar-refractivity contribution in [1.29, 1.82) is 0 Å². The van der Waals surface area contributed by atoms with Crippen LogP contribution in [0.3, 0.4) is 0 Å². The van der Waals surface area contributed by atoms with Crippen molar-refractivity contribution in [3.05, 3.63) is 34.5 Å². The number of likely N-dealkylation sites (N-methyl/N-ethyl adjacent to an activating group) is 1. The van der Waals surface area contributed by atoms with Crippen molar-refractivity contribution < 1.29 is 4.79 Å². The molecule has 7 heteroatoms. The fraction of sp³-hybridized carbons (Fsp3) is 0.467. The number of carbonyl (C=O) groups is 1. The molecule has 0 bridgehead atoms. The van der Waals surface area contributed by atoms with E-state index < -0.39 is 0 Å². The SMILES string of the molecule is Cc1cscc1NC(=O)N1CCN(C)[C@@H](c2nccn2C)C1. The molecule has 3 heterocycles. The van der Waals surface area contributed by atoms with Crippen molar-refractivity contribution in [3.63, 3.8) is 0 Å². The van der Waals surface area contributed by atoms with E-state index >= 15 is 0 Å². The molecule has 0 radical (unpaired) electrons. The molecular weight excluding hydrogens is 298 g/mol. The predicted molar refractivity (Wildman–Crippen MR) is 88.2 cm³/mol. The lowest BCUT2D eigenvalue weighted by Crippen LogP contribution is -2.50. The maximum atomic E-state index is 12.5. The number of nitrogens with one attached hydrogen (secondary N) is 1. The number of hydrogen-bond donors (Lipinski definition) is 1. The zero-order valence-corrected chi connectivity index (χ0v) is 13.9. The highest BCUT2D eigenvalue weighted by Crippen LogP contribution is 2.24. The van der Waals surface area contributed by atoms with Crippen LogP contribution in [0.2, 0.25) is 0 Å². The first kappa shape index (κ1) is 15.1. The van der Waals surface area contributed by atoms with Gasteiger partial charge in [0.05, 0.1) is 11.7 Å². The summed E-state index contributed by atoms with van der Waals surface area (Å²) in [5.74, 6) is 0.992. The topological polar surface area (TPSA) is 53.4 Å². The lowest BCUT2D eigenvalue weighted by molar-refractivity contribution is 0.110. The normalized spacial score (nSPS) is 19.4. The summed E-state index contributed by atoms with van der Waals surface area (Å²) in [6, 6.07) is 0.0943. The molecule has 0 aromatic carbocycles. The van der Waals surface area contributed by atoms with Crippen LogP contribution in [0.4, 0.5) is 10.5 Å². The third-order valence-electron chi connectivity index (χ3n) is 4.19. The second-order valence-electron chi connectivity index (χ2n) is 5.74. The van der Waals surface area contributed by atoms with Crippen LogP contribution in [0, 0.1) is 6.92 Å². The van der Waals surface area contributed by atoms with E-state index in [0.717, 1.165) is 30.2 Å². The van der Waals surface area contributed by atoms with Crippen LogP contribution >= 0.6 is 11.3 Å². The van der Waals surface area contributed by atoms with E-state index in [0.29, 0.717) is 6.54 Å². The van der Waals surface area contributed by atoms with Crippen LogP contribution in [0.5, 0.6) is 0 Å². The van der Waals surface area contributed by atoms with Crippen LogP contribution < -0.4 is 5.32 Å². The first-order valence-electron chi connectivity index (χ1n) is 7.32. The van der Waals surface area contributed by atoms with Crippen LogP contribution in [-0.2, 0) is 7.05 Å². The van der Waals surface area contributed by atoms with E-state index in [1.165, 1.54) is 0 Å². The number of anilines is 1. The molecule has 118 valence electrons. The molecule has 0 spiro atoms. The number of imidazole rings is 1. The Hall–Kier alpha value is -1.86. The number of hydrogen-bond acceptors (Lipinski definition) is 4. The largest absolute Gasteiger partial charge is 0.337 e. The molecule has 1 fully saturated rings. The summed E-state index contributed by atoms with van der Waals surface area (Å²) in [7, 11) is 4.07. The number of rotatable bonds is 2. The average Bonchev–Trinajstić information content (AvgIpc) is 3.09. The van der Waals surface area contributed by atoms with Gasteiger partial charge in [-0.25, -0.2) is 9.78 Å². The minimum absolute atomic E-state index is 0.0335. The molecule has 22 heavy (non-hydrogen) atoms. The summed E-state index contributed by atoms with van der Waals surface area (Å²) in [6.07, 6.45) is 3.74. The Balaban J connectivity index is 1.71. The summed E-state index contributed by atoms with van der Waals surface area (Å²) in [5, 5.41) is 7.02. The summed E-state index contributed by atoms with van der Waals surface area (Å²) >= 11 is 1.60. The standard InChI is InChI=1S/C15H21N5OS/c1-11-9-22-10-12(11)17-15(21)20-7-6-18(2)13(8-20)14-16-4-5-19(14)3/h4-5,9-10,13H,6-8H2,1-3H3,(H,17,21)/t13-/m1/s1. The number of nitrogens with zero attached hydrogens (tertiary/aromatic N) is 4. The Labute approximate surface area is 134 Å². The third kappa shape index (κ3) is 2.86. The van der Waals surface area contributed by atoms with Gasteiger partial charge in [-0.1, -0.05) is 0 Å². The Morgan fingerprint density at radius 3 is 2.82 bits per heavy atom. The first-order chi connectivity index (χ1) is 10.6. The van der Waals surface area contributed by atoms with Crippen molar-refractivity contribution in [2.45, 2.75) is 13.0 Å². The molecule has 6 nitrogen and oxygen atoms in total. The smallest absolute Gasteiger partial charge is 0.321 e. The monoisotopic (exact) mass is 319 g/mol. The molecule has 3 rings (SSSR count). The Kier molecular flexibility index (Phi) is 4.17. The van der Waals surface area contributed by atoms with Crippen molar-refractivity contribution in [2.75, 3.05) is 32.0 Å². The molecule has 0 aliphatic carbocycles. The van der Waals surface area contributed by atoms with Crippen molar-refractivity contribution >= 4 is 23.1 Å². The van der Waals surface area contributed by atoms with Crippen LogP contribution in [0.1, 0.15) is 17.4 Å². The number of urea groups is 1. The number of aryl methyl sites for hydroxylation is 2. The predicted octanol–water partition coefficient (Wildman–Crippen LogP) is 2.31. The van der Waals surface area contributed by atoms with E-state index in [1.54, 1.807) is 17.5 Å². The number of piperazine rings is 1. The molecule has 2 aromatic heterocycles. The van der Waals surface area contributed by atoms with Gasteiger partial charge in [0.2, 0.25) is 0 Å². The van der Waals surface area contributed by atoms with Gasteiger partial charge in [0.25, 0.3) is 0 Å². The van der Waals surface area contributed by atoms with Gasteiger partial charge in [-0.05, 0) is 24.9 Å². The summed E-state index contributed by atoms with van der Waals surface area (Å²) in [6.45, 7) is 4.23. The van der Waals surface area contributed by atoms with Crippen LogP contribution in [-0.4, -0.2) is 52.1 Å². The minimum Gasteiger partial charge on any atom is -0.337 e. The minimum atomic E-state index is -0.0335. The van der Waals surface area contributed by atoms with E-state index in [9.17, 15) is 4.79 Å². The molecular formula is C15H21N5OS. The zero-order valence-electron chi connectivity index (χ0n) is 13.1. The zero-order chi connectivity index (χ0) is 15.7. The van der Waals surface area contributed by atoms with Crippen LogP contribution in [0.15, 0.2) is 23.2 Å². The highest BCUT2D eigenvalue weighted by atomic mass is 32.1. The van der Waals surface area contributed by atoms with Gasteiger partial charge in [0.1, 0.15) is 5.82 Å². The maximum absolute atomic E-state index is 12.5. The second kappa shape index (κ2) is 6.10. The number of thiophene rings is 1. The molecule has 2 amide bonds. The molecule has 1 saturated heterocycles. The second-order valence-corrected chi connectivity index (χ2v) is 6.48. The van der Waals surface area contributed by atoms with Gasteiger partial charge >= 0.3 is 6.03 Å². The Morgan fingerprint density at radius 1 is 1.36 bits per heavy atom. The van der Waals surface area contributed by atoms with Crippen LogP contribution in [0.25, 0.3) is 0 Å². The molecule has 0 unspecified atom stereocenters. The quantitative estimate of drug-likeness (QED) is 0.924. The highest BCUT2D eigenvalue weighted by Gasteiger charge is 2.30. The maximum Gasteiger partial charge on any atom is 0.321 e. The Morgan fingerprint density at radius 2 is 2.18 bits per heavy atom. The Bertz CT molecular complexity index is 664. The molecule has 1 atom stereocenters.